The molecule has 4 heteroatoms. The molecule has 1 aromatic rings. The van der Waals surface area contributed by atoms with Gasteiger partial charge in [0.2, 0.25) is 0 Å². The third-order valence-corrected chi connectivity index (χ3v) is 9.47. The van der Waals surface area contributed by atoms with E-state index in [1.165, 1.54) is 12.1 Å². The Morgan fingerprint density at radius 2 is 1.86 bits per heavy atom. The highest BCUT2D eigenvalue weighted by atomic mass is 28.4. The van der Waals surface area contributed by atoms with Gasteiger partial charge in [-0.1, -0.05) is 39.5 Å². The molecule has 2 atom stereocenters. The first-order chi connectivity index (χ1) is 10.1. The van der Waals surface area contributed by atoms with Gasteiger partial charge in [-0.15, -0.1) is 0 Å². The Labute approximate surface area is 134 Å². The summed E-state index contributed by atoms with van der Waals surface area (Å²) >= 11 is 0. The van der Waals surface area contributed by atoms with Crippen molar-refractivity contribution in [3.8, 4) is 0 Å². The third kappa shape index (κ3) is 3.67. The summed E-state index contributed by atoms with van der Waals surface area (Å²) in [5.74, 6) is -0.0887. The van der Waals surface area contributed by atoms with E-state index >= 15 is 0 Å². The van der Waals surface area contributed by atoms with Crippen LogP contribution in [-0.2, 0) is 9.16 Å². The number of halogens is 1. The molecule has 0 bridgehead atoms. The van der Waals surface area contributed by atoms with Crippen LogP contribution in [0.15, 0.2) is 36.4 Å². The largest absolute Gasteiger partial charge is 0.416 e. The Kier molecular flexibility index (Phi) is 4.95. The van der Waals surface area contributed by atoms with E-state index in [1.54, 1.807) is 12.1 Å². The molecule has 1 fully saturated rings. The van der Waals surface area contributed by atoms with E-state index < -0.39 is 8.32 Å². The highest BCUT2D eigenvalue weighted by molar-refractivity contribution is 6.74. The van der Waals surface area contributed by atoms with E-state index in [0.29, 0.717) is 13.2 Å². The maximum absolute atomic E-state index is 13.1. The van der Waals surface area contributed by atoms with Gasteiger partial charge >= 0.3 is 0 Å². The van der Waals surface area contributed by atoms with Gasteiger partial charge < -0.3 is 9.16 Å². The van der Waals surface area contributed by atoms with Gasteiger partial charge in [0.05, 0.1) is 12.7 Å². The van der Waals surface area contributed by atoms with Crippen LogP contribution in [-0.4, -0.2) is 21.5 Å². The zero-order valence-corrected chi connectivity index (χ0v) is 15.3. The Bertz CT molecular complexity index is 531. The van der Waals surface area contributed by atoms with Crippen LogP contribution in [0.25, 0.3) is 0 Å². The summed E-state index contributed by atoms with van der Waals surface area (Å²) < 4.78 is 25.3. The van der Waals surface area contributed by atoms with Gasteiger partial charge in [0.1, 0.15) is 5.82 Å². The molecule has 0 aromatic heterocycles. The number of ether oxygens (including phenoxy) is 1. The molecule has 0 amide bonds. The topological polar surface area (TPSA) is 18.5 Å². The maximum atomic E-state index is 13.1. The van der Waals surface area contributed by atoms with Crippen LogP contribution in [0.1, 0.15) is 32.4 Å². The minimum atomic E-state index is -1.80. The van der Waals surface area contributed by atoms with Crippen molar-refractivity contribution < 1.29 is 13.6 Å². The fourth-order valence-corrected chi connectivity index (χ4v) is 3.36. The highest BCUT2D eigenvalue weighted by Crippen LogP contribution is 2.41. The average molecular weight is 322 g/mol. The molecule has 1 heterocycles. The first-order valence-corrected chi connectivity index (χ1v) is 10.7. The lowest BCUT2D eigenvalue weighted by Crippen LogP contribution is -2.42. The minimum absolute atomic E-state index is 0.0853. The molecular weight excluding hydrogens is 295 g/mol. The Balaban J connectivity index is 2.11. The quantitative estimate of drug-likeness (QED) is 0.568. The SMILES string of the molecule is C=C1CO[C@H](c2ccc(F)cc2)[C@H]1CO[Si](C)(C)C(C)(C)C. The molecule has 1 saturated heterocycles. The summed E-state index contributed by atoms with van der Waals surface area (Å²) in [6.45, 7) is 16.5. The van der Waals surface area contributed by atoms with Gasteiger partial charge in [0.25, 0.3) is 0 Å². The molecule has 122 valence electrons. The van der Waals surface area contributed by atoms with Crippen molar-refractivity contribution in [3.63, 3.8) is 0 Å². The predicted octanol–water partition coefficient (Wildman–Crippen LogP) is 5.09. The van der Waals surface area contributed by atoms with Crippen LogP contribution >= 0.6 is 0 Å². The maximum Gasteiger partial charge on any atom is 0.192 e. The summed E-state index contributed by atoms with van der Waals surface area (Å²) in [6.07, 6.45) is -0.0853. The summed E-state index contributed by atoms with van der Waals surface area (Å²) in [5.41, 5.74) is 2.05. The zero-order chi connectivity index (χ0) is 16.5. The molecule has 2 rings (SSSR count). The number of benzene rings is 1. The minimum Gasteiger partial charge on any atom is -0.416 e. The predicted molar refractivity (Wildman–Crippen MR) is 90.9 cm³/mol. The highest BCUT2D eigenvalue weighted by Gasteiger charge is 2.40. The van der Waals surface area contributed by atoms with Crippen molar-refractivity contribution in [2.75, 3.05) is 13.2 Å². The number of hydrogen-bond donors (Lipinski definition) is 0. The lowest BCUT2D eigenvalue weighted by atomic mass is 9.93. The number of hydrogen-bond acceptors (Lipinski definition) is 2. The van der Waals surface area contributed by atoms with E-state index in [9.17, 15) is 4.39 Å². The summed E-state index contributed by atoms with van der Waals surface area (Å²) in [4.78, 5) is 0. The van der Waals surface area contributed by atoms with Crippen molar-refractivity contribution in [2.24, 2.45) is 5.92 Å². The molecule has 0 unspecified atom stereocenters. The number of rotatable bonds is 4. The monoisotopic (exact) mass is 322 g/mol. The smallest absolute Gasteiger partial charge is 0.192 e. The molecule has 1 aliphatic heterocycles. The fourth-order valence-electron chi connectivity index (χ4n) is 2.33. The van der Waals surface area contributed by atoms with Crippen molar-refractivity contribution in [1.82, 2.24) is 0 Å². The lowest BCUT2D eigenvalue weighted by molar-refractivity contribution is 0.0738. The van der Waals surface area contributed by atoms with Crippen molar-refractivity contribution >= 4 is 8.32 Å². The third-order valence-electron chi connectivity index (χ3n) is 4.97. The van der Waals surface area contributed by atoms with Crippen LogP contribution in [0.2, 0.25) is 18.1 Å². The van der Waals surface area contributed by atoms with Crippen LogP contribution in [0.3, 0.4) is 0 Å². The molecule has 1 aliphatic rings. The van der Waals surface area contributed by atoms with Crippen molar-refractivity contribution in [3.05, 3.63) is 47.8 Å². The summed E-state index contributed by atoms with van der Waals surface area (Å²) in [5, 5.41) is 0.180. The van der Waals surface area contributed by atoms with Crippen LogP contribution in [0, 0.1) is 11.7 Å². The normalized spacial score (nSPS) is 23.1. The molecule has 0 radical (unpaired) electrons. The van der Waals surface area contributed by atoms with E-state index in [1.807, 2.05) is 0 Å². The summed E-state index contributed by atoms with van der Waals surface area (Å²) in [6, 6.07) is 6.53. The van der Waals surface area contributed by atoms with E-state index in [4.69, 9.17) is 9.16 Å². The average Bonchev–Trinajstić information content (AvgIpc) is 2.77. The van der Waals surface area contributed by atoms with Crippen LogP contribution < -0.4 is 0 Å². The second-order valence-electron chi connectivity index (χ2n) is 7.62. The Hall–Kier alpha value is -0.973. The first kappa shape index (κ1) is 17.4. The van der Waals surface area contributed by atoms with Gasteiger partial charge in [-0.25, -0.2) is 4.39 Å². The van der Waals surface area contributed by atoms with Crippen molar-refractivity contribution in [1.29, 1.82) is 0 Å². The molecule has 22 heavy (non-hydrogen) atoms. The molecule has 0 saturated carbocycles. The zero-order valence-electron chi connectivity index (χ0n) is 14.3. The Morgan fingerprint density at radius 1 is 1.27 bits per heavy atom. The standard InChI is InChI=1S/C18H27FO2Si/c1-13-11-20-17(14-7-9-15(19)10-8-14)16(13)12-21-22(5,6)18(2,3)4/h7-10,16-17H,1,11-12H2,2-6H3/t16-,17+/m0/s1. The van der Waals surface area contributed by atoms with Gasteiger partial charge in [-0.3, -0.25) is 0 Å². The van der Waals surface area contributed by atoms with Gasteiger partial charge in [0, 0.05) is 12.5 Å². The molecule has 2 nitrogen and oxygen atoms in total. The molecular formula is C18H27FO2Si. The van der Waals surface area contributed by atoms with Gasteiger partial charge in [-0.2, -0.15) is 0 Å². The van der Waals surface area contributed by atoms with Crippen molar-refractivity contribution in [2.45, 2.75) is 45.0 Å². The molecule has 0 aliphatic carbocycles. The van der Waals surface area contributed by atoms with Crippen LogP contribution in [0.4, 0.5) is 4.39 Å². The first-order valence-electron chi connectivity index (χ1n) is 7.80. The van der Waals surface area contributed by atoms with Gasteiger partial charge in [-0.05, 0) is 41.4 Å². The second kappa shape index (κ2) is 6.26. The van der Waals surface area contributed by atoms with E-state index in [0.717, 1.165) is 11.1 Å². The Morgan fingerprint density at radius 3 is 2.41 bits per heavy atom. The molecule has 1 aromatic carbocycles. The molecule has 0 N–H and O–H groups in total. The second-order valence-corrected chi connectivity index (χ2v) is 12.4. The van der Waals surface area contributed by atoms with E-state index in [-0.39, 0.29) is 22.9 Å². The summed E-state index contributed by atoms with van der Waals surface area (Å²) in [7, 11) is -1.80. The van der Waals surface area contributed by atoms with Gasteiger partial charge in [0.15, 0.2) is 8.32 Å². The fraction of sp³-hybridized carbons (Fsp3) is 0.556. The van der Waals surface area contributed by atoms with E-state index in [2.05, 4.69) is 40.4 Å². The lowest BCUT2D eigenvalue weighted by Gasteiger charge is -2.37. The molecule has 0 spiro atoms. The van der Waals surface area contributed by atoms with Crippen LogP contribution in [0.5, 0.6) is 0 Å².